The van der Waals surface area contributed by atoms with Gasteiger partial charge in [-0.25, -0.2) is 4.79 Å². The van der Waals surface area contributed by atoms with Crippen LogP contribution < -0.4 is 10.6 Å². The van der Waals surface area contributed by atoms with Gasteiger partial charge in [-0.15, -0.1) is 0 Å². The predicted molar refractivity (Wildman–Crippen MR) is 122 cm³/mol. The number of para-hydroxylation sites is 1. The van der Waals surface area contributed by atoms with Crippen molar-refractivity contribution in [1.82, 2.24) is 15.6 Å². The minimum absolute atomic E-state index is 0.104. The van der Waals surface area contributed by atoms with Crippen molar-refractivity contribution < 1.29 is 19.5 Å². The van der Waals surface area contributed by atoms with E-state index in [1.54, 1.807) is 18.3 Å². The van der Waals surface area contributed by atoms with Crippen LogP contribution in [0.4, 0.5) is 0 Å². The number of hydrogen-bond acceptors (Lipinski definition) is 4. The zero-order valence-corrected chi connectivity index (χ0v) is 17.8. The van der Waals surface area contributed by atoms with Crippen LogP contribution in [0.15, 0.2) is 60.8 Å². The van der Waals surface area contributed by atoms with Crippen molar-refractivity contribution in [2.24, 2.45) is 0 Å². The largest absolute Gasteiger partial charge is 0.480 e. The Morgan fingerprint density at radius 3 is 2.39 bits per heavy atom. The Balaban J connectivity index is 1.64. The van der Waals surface area contributed by atoms with Crippen molar-refractivity contribution in [2.45, 2.75) is 31.3 Å². The van der Waals surface area contributed by atoms with Gasteiger partial charge in [-0.1, -0.05) is 48.5 Å². The molecule has 7 nitrogen and oxygen atoms in total. The van der Waals surface area contributed by atoms with Gasteiger partial charge in [0.25, 0.3) is 0 Å². The molecule has 0 bridgehead atoms. The molecule has 2 amide bonds. The fraction of sp³-hybridized carbons (Fsp3) is 0.261. The van der Waals surface area contributed by atoms with Crippen molar-refractivity contribution in [3.63, 3.8) is 0 Å². The summed E-state index contributed by atoms with van der Waals surface area (Å²) in [5.74, 6) is -1.62. The summed E-state index contributed by atoms with van der Waals surface area (Å²) in [4.78, 5) is 40.1. The third kappa shape index (κ3) is 6.11. The average Bonchev–Trinajstić information content (AvgIpc) is 3.16. The summed E-state index contributed by atoms with van der Waals surface area (Å²) < 4.78 is 0. The summed E-state index contributed by atoms with van der Waals surface area (Å²) in [6.07, 6.45) is 2.32. The van der Waals surface area contributed by atoms with Gasteiger partial charge in [0.1, 0.15) is 12.1 Å². The summed E-state index contributed by atoms with van der Waals surface area (Å²) in [5.41, 5.74) is 2.55. The van der Waals surface area contributed by atoms with Gasteiger partial charge in [-0.3, -0.25) is 9.59 Å². The molecular weight excluding hydrogens is 414 g/mol. The van der Waals surface area contributed by atoms with Crippen molar-refractivity contribution >= 4 is 41.3 Å². The first-order valence-electron chi connectivity index (χ1n) is 10.00. The number of aliphatic carboxylic acids is 1. The first-order valence-corrected chi connectivity index (χ1v) is 10.6. The van der Waals surface area contributed by atoms with E-state index in [0.29, 0.717) is 5.75 Å². The standard InChI is InChI=1S/C23H25N3O4S/c27-21(13-16-14-24-18-9-5-4-8-17(16)18)25-19(10-11-31)22(28)26-20(23(29)30)12-15-6-2-1-3-7-15/h1-9,14,19-20,24,31H,10-13H2,(H,25,27)(H,26,28)(H,29,30)/t19?,20-/m1/s1. The van der Waals surface area contributed by atoms with E-state index in [4.69, 9.17) is 0 Å². The van der Waals surface area contributed by atoms with Gasteiger partial charge in [-0.05, 0) is 29.4 Å². The lowest BCUT2D eigenvalue weighted by molar-refractivity contribution is -0.142. The molecule has 4 N–H and O–H groups in total. The molecule has 0 saturated carbocycles. The molecule has 0 spiro atoms. The lowest BCUT2D eigenvalue weighted by Gasteiger charge is -2.21. The molecule has 0 radical (unpaired) electrons. The lowest BCUT2D eigenvalue weighted by atomic mass is 10.0. The molecule has 0 saturated heterocycles. The molecule has 2 aromatic carbocycles. The minimum atomic E-state index is -1.13. The van der Waals surface area contributed by atoms with Crippen LogP contribution in [-0.2, 0) is 27.2 Å². The molecule has 0 aliphatic heterocycles. The number of carbonyl (C=O) groups is 3. The number of nitrogens with one attached hydrogen (secondary N) is 3. The molecular formula is C23H25N3O4S. The molecule has 162 valence electrons. The summed E-state index contributed by atoms with van der Waals surface area (Å²) in [7, 11) is 0. The molecule has 1 aromatic heterocycles. The number of aromatic amines is 1. The highest BCUT2D eigenvalue weighted by Gasteiger charge is 2.26. The first-order chi connectivity index (χ1) is 15.0. The molecule has 8 heteroatoms. The van der Waals surface area contributed by atoms with E-state index in [2.05, 4.69) is 28.2 Å². The Morgan fingerprint density at radius 2 is 1.68 bits per heavy atom. The average molecular weight is 440 g/mol. The molecule has 0 aliphatic carbocycles. The van der Waals surface area contributed by atoms with Crippen LogP contribution in [0.1, 0.15) is 17.5 Å². The maximum atomic E-state index is 12.8. The Kier molecular flexibility index (Phi) is 7.72. The summed E-state index contributed by atoms with van der Waals surface area (Å²) in [5, 5.41) is 15.7. The number of H-pyrrole nitrogens is 1. The zero-order chi connectivity index (χ0) is 22.2. The lowest BCUT2D eigenvalue weighted by Crippen LogP contribution is -2.52. The maximum absolute atomic E-state index is 12.8. The number of carboxylic acid groups (broad SMARTS) is 1. The second-order valence-electron chi connectivity index (χ2n) is 7.26. The normalized spacial score (nSPS) is 12.8. The van der Waals surface area contributed by atoms with Crippen molar-refractivity contribution in [2.75, 3.05) is 5.75 Å². The molecule has 31 heavy (non-hydrogen) atoms. The van der Waals surface area contributed by atoms with Gasteiger partial charge < -0.3 is 20.7 Å². The van der Waals surface area contributed by atoms with E-state index in [-0.39, 0.29) is 25.2 Å². The smallest absolute Gasteiger partial charge is 0.326 e. The molecule has 0 aliphatic rings. The fourth-order valence-corrected chi connectivity index (χ4v) is 3.67. The summed E-state index contributed by atoms with van der Waals surface area (Å²) in [6.45, 7) is 0. The summed E-state index contributed by atoms with van der Waals surface area (Å²) in [6, 6.07) is 14.7. The van der Waals surface area contributed by atoms with E-state index < -0.39 is 24.0 Å². The number of fused-ring (bicyclic) bond motifs is 1. The van der Waals surface area contributed by atoms with Crippen LogP contribution in [0.5, 0.6) is 0 Å². The fourth-order valence-electron chi connectivity index (χ4n) is 3.42. The van der Waals surface area contributed by atoms with Crippen LogP contribution in [0, 0.1) is 0 Å². The summed E-state index contributed by atoms with van der Waals surface area (Å²) >= 11 is 4.17. The maximum Gasteiger partial charge on any atom is 0.326 e. The monoisotopic (exact) mass is 439 g/mol. The Bertz CT molecular complexity index is 1050. The van der Waals surface area contributed by atoms with Gasteiger partial charge in [-0.2, -0.15) is 12.6 Å². The number of carbonyl (C=O) groups excluding carboxylic acids is 2. The van der Waals surface area contributed by atoms with Gasteiger partial charge in [0.2, 0.25) is 11.8 Å². The van der Waals surface area contributed by atoms with Gasteiger partial charge in [0.15, 0.2) is 0 Å². The highest BCUT2D eigenvalue weighted by atomic mass is 32.1. The first kappa shape index (κ1) is 22.4. The van der Waals surface area contributed by atoms with Gasteiger partial charge >= 0.3 is 5.97 Å². The van der Waals surface area contributed by atoms with Crippen LogP contribution in [0.25, 0.3) is 10.9 Å². The Hall–Kier alpha value is -3.26. The number of thiol groups is 1. The van der Waals surface area contributed by atoms with Crippen molar-refractivity contribution in [3.8, 4) is 0 Å². The number of benzene rings is 2. The van der Waals surface area contributed by atoms with Gasteiger partial charge in [0.05, 0.1) is 6.42 Å². The van der Waals surface area contributed by atoms with Crippen molar-refractivity contribution in [1.29, 1.82) is 0 Å². The Morgan fingerprint density at radius 1 is 0.968 bits per heavy atom. The third-order valence-electron chi connectivity index (χ3n) is 4.99. The predicted octanol–water partition coefficient (Wildman–Crippen LogP) is 2.33. The topological polar surface area (TPSA) is 111 Å². The van der Waals surface area contributed by atoms with Gasteiger partial charge in [0, 0.05) is 23.5 Å². The highest BCUT2D eigenvalue weighted by molar-refractivity contribution is 7.80. The highest BCUT2D eigenvalue weighted by Crippen LogP contribution is 2.18. The Labute approximate surface area is 185 Å². The van der Waals surface area contributed by atoms with Crippen LogP contribution >= 0.6 is 12.6 Å². The molecule has 1 unspecified atom stereocenters. The SMILES string of the molecule is O=C(Cc1c[nH]c2ccccc12)NC(CCS)C(=O)N[C@H](Cc1ccccc1)C(=O)O. The molecule has 2 atom stereocenters. The quantitative estimate of drug-likeness (QED) is 0.312. The number of amides is 2. The third-order valence-corrected chi connectivity index (χ3v) is 5.25. The number of carboxylic acids is 1. The van der Waals surface area contributed by atoms with Crippen LogP contribution in [0.2, 0.25) is 0 Å². The van der Waals surface area contributed by atoms with Crippen molar-refractivity contribution in [3.05, 3.63) is 71.9 Å². The number of rotatable bonds is 10. The molecule has 3 aromatic rings. The van der Waals surface area contributed by atoms with Crippen LogP contribution in [0.3, 0.4) is 0 Å². The number of aromatic nitrogens is 1. The van der Waals surface area contributed by atoms with Crippen LogP contribution in [-0.4, -0.2) is 45.7 Å². The molecule has 3 rings (SSSR count). The minimum Gasteiger partial charge on any atom is -0.480 e. The van der Waals surface area contributed by atoms with E-state index in [0.717, 1.165) is 22.0 Å². The second kappa shape index (κ2) is 10.7. The van der Waals surface area contributed by atoms with E-state index in [1.807, 2.05) is 42.5 Å². The zero-order valence-electron chi connectivity index (χ0n) is 16.9. The number of hydrogen-bond donors (Lipinski definition) is 5. The molecule has 1 heterocycles. The molecule has 0 fully saturated rings. The second-order valence-corrected chi connectivity index (χ2v) is 7.71. The van der Waals surface area contributed by atoms with E-state index in [9.17, 15) is 19.5 Å². The van der Waals surface area contributed by atoms with E-state index in [1.165, 1.54) is 0 Å². The van der Waals surface area contributed by atoms with E-state index >= 15 is 0 Å².